The summed E-state index contributed by atoms with van der Waals surface area (Å²) in [6.07, 6.45) is 0. The van der Waals surface area contributed by atoms with Gasteiger partial charge in [-0.05, 0) is 17.3 Å². The van der Waals surface area contributed by atoms with Crippen molar-refractivity contribution in [2.45, 2.75) is 5.75 Å². The molecule has 8 heteroatoms. The summed E-state index contributed by atoms with van der Waals surface area (Å²) in [5, 5.41) is 31.1. The largest absolute Gasteiger partial charge is 0.276 e. The zero-order valence-corrected chi connectivity index (χ0v) is 8.64. The van der Waals surface area contributed by atoms with Gasteiger partial charge in [-0.2, -0.15) is 5.26 Å². The molecule has 1 rings (SSSR count). The van der Waals surface area contributed by atoms with Crippen LogP contribution in [0.2, 0.25) is 0 Å². The molecule has 0 aromatic heterocycles. The molecule has 0 amide bonds. The molecular weight excluding hydrogens is 234 g/mol. The van der Waals surface area contributed by atoms with E-state index in [1.54, 1.807) is 5.40 Å². The maximum atomic E-state index is 10.5. The van der Waals surface area contributed by atoms with Crippen molar-refractivity contribution in [3.63, 3.8) is 0 Å². The quantitative estimate of drug-likeness (QED) is 0.452. The summed E-state index contributed by atoms with van der Waals surface area (Å²) in [6, 6.07) is 3.33. The first-order chi connectivity index (χ1) is 7.54. The van der Waals surface area contributed by atoms with E-state index in [-0.39, 0.29) is 17.1 Å². The number of benzene rings is 1. The average molecular weight is 239 g/mol. The lowest BCUT2D eigenvalue weighted by Crippen LogP contribution is -1.94. The molecule has 0 spiro atoms. The van der Waals surface area contributed by atoms with Crippen molar-refractivity contribution in [1.29, 1.82) is 5.26 Å². The third-order valence-electron chi connectivity index (χ3n) is 1.69. The summed E-state index contributed by atoms with van der Waals surface area (Å²) in [5.74, 6) is 0.180. The molecule has 0 aliphatic rings. The van der Waals surface area contributed by atoms with Crippen molar-refractivity contribution in [1.82, 2.24) is 0 Å². The lowest BCUT2D eigenvalue weighted by Gasteiger charge is -1.98. The number of nitrogens with zero attached hydrogens (tertiary/aromatic N) is 3. The van der Waals surface area contributed by atoms with Gasteiger partial charge in [0.25, 0.3) is 11.4 Å². The number of thiocyanates is 1. The van der Waals surface area contributed by atoms with Gasteiger partial charge >= 0.3 is 0 Å². The van der Waals surface area contributed by atoms with Crippen LogP contribution in [0.4, 0.5) is 11.4 Å². The smallest absolute Gasteiger partial charge is 0.258 e. The highest BCUT2D eigenvalue weighted by Gasteiger charge is 2.16. The lowest BCUT2D eigenvalue weighted by molar-refractivity contribution is -0.394. The fraction of sp³-hybridized carbons (Fsp3) is 0.125. The fourth-order valence-electron chi connectivity index (χ4n) is 1.07. The number of nitro groups is 2. The summed E-state index contributed by atoms with van der Waals surface area (Å²) in [5.41, 5.74) is -0.307. The van der Waals surface area contributed by atoms with Crippen LogP contribution in [-0.2, 0) is 5.75 Å². The van der Waals surface area contributed by atoms with E-state index in [4.69, 9.17) is 5.26 Å². The number of hydrogen-bond acceptors (Lipinski definition) is 6. The van der Waals surface area contributed by atoms with E-state index in [0.717, 1.165) is 17.8 Å². The Labute approximate surface area is 94.0 Å². The minimum absolute atomic E-state index is 0.180. The molecule has 82 valence electrons. The third kappa shape index (κ3) is 2.93. The molecule has 16 heavy (non-hydrogen) atoms. The zero-order valence-electron chi connectivity index (χ0n) is 7.82. The van der Waals surface area contributed by atoms with Crippen molar-refractivity contribution in [3.05, 3.63) is 44.0 Å². The van der Waals surface area contributed by atoms with Crippen LogP contribution in [0.25, 0.3) is 0 Å². The summed E-state index contributed by atoms with van der Waals surface area (Å²) in [4.78, 5) is 19.6. The van der Waals surface area contributed by atoms with Crippen LogP contribution in [0.5, 0.6) is 0 Å². The van der Waals surface area contributed by atoms with Crippen LogP contribution in [-0.4, -0.2) is 9.85 Å². The Hall–Kier alpha value is -2.14. The Morgan fingerprint density at radius 2 is 1.69 bits per heavy atom. The van der Waals surface area contributed by atoms with Gasteiger partial charge in [0.15, 0.2) is 0 Å². The molecule has 0 heterocycles. The maximum Gasteiger partial charge on any atom is 0.276 e. The summed E-state index contributed by atoms with van der Waals surface area (Å²) < 4.78 is 0. The third-order valence-corrected chi connectivity index (χ3v) is 2.29. The summed E-state index contributed by atoms with van der Waals surface area (Å²) in [7, 11) is 0. The normalized spacial score (nSPS) is 9.44. The molecular formula is C8H5N3O4S. The Kier molecular flexibility index (Phi) is 3.79. The molecule has 7 nitrogen and oxygen atoms in total. The minimum atomic E-state index is -0.701. The monoisotopic (exact) mass is 239 g/mol. The van der Waals surface area contributed by atoms with Crippen LogP contribution >= 0.6 is 11.8 Å². The molecule has 0 saturated carbocycles. The second-order valence-electron chi connectivity index (χ2n) is 2.75. The van der Waals surface area contributed by atoms with E-state index < -0.39 is 9.85 Å². The molecule has 0 atom stereocenters. The van der Waals surface area contributed by atoms with Crippen LogP contribution in [0.1, 0.15) is 5.56 Å². The van der Waals surface area contributed by atoms with Gasteiger partial charge in [-0.25, -0.2) is 0 Å². The highest BCUT2D eigenvalue weighted by molar-refractivity contribution is 8.02. The van der Waals surface area contributed by atoms with Crippen LogP contribution in [0, 0.1) is 30.9 Å². The van der Waals surface area contributed by atoms with Crippen molar-refractivity contribution in [3.8, 4) is 5.40 Å². The van der Waals surface area contributed by atoms with Gasteiger partial charge < -0.3 is 0 Å². The van der Waals surface area contributed by atoms with E-state index in [1.165, 1.54) is 12.1 Å². The lowest BCUT2D eigenvalue weighted by atomic mass is 10.2. The second-order valence-corrected chi connectivity index (χ2v) is 3.51. The zero-order chi connectivity index (χ0) is 12.1. The first-order valence-corrected chi connectivity index (χ1v) is 4.97. The van der Waals surface area contributed by atoms with Gasteiger partial charge in [-0.15, -0.1) is 0 Å². The first kappa shape index (κ1) is 11.9. The molecule has 0 aliphatic heterocycles. The van der Waals surface area contributed by atoms with Gasteiger partial charge in [-0.1, -0.05) is 0 Å². The summed E-state index contributed by atoms with van der Waals surface area (Å²) in [6.45, 7) is 0. The van der Waals surface area contributed by atoms with E-state index in [0.29, 0.717) is 5.56 Å². The molecule has 1 aromatic rings. The number of thioether (sulfide) groups is 1. The molecule has 0 fully saturated rings. The Balaban J connectivity index is 3.14. The number of nitro benzene ring substituents is 2. The Morgan fingerprint density at radius 3 is 2.06 bits per heavy atom. The molecule has 0 radical (unpaired) electrons. The Morgan fingerprint density at radius 1 is 1.19 bits per heavy atom. The van der Waals surface area contributed by atoms with Crippen molar-refractivity contribution in [2.75, 3.05) is 0 Å². The van der Waals surface area contributed by atoms with E-state index in [1.807, 2.05) is 0 Å². The van der Waals surface area contributed by atoms with Gasteiger partial charge in [0.1, 0.15) is 5.40 Å². The summed E-state index contributed by atoms with van der Waals surface area (Å²) >= 11 is 0.862. The van der Waals surface area contributed by atoms with Crippen LogP contribution in [0.15, 0.2) is 18.2 Å². The van der Waals surface area contributed by atoms with E-state index in [9.17, 15) is 20.2 Å². The van der Waals surface area contributed by atoms with Crippen molar-refractivity contribution < 1.29 is 9.85 Å². The van der Waals surface area contributed by atoms with Crippen LogP contribution < -0.4 is 0 Å². The number of non-ortho nitro benzene ring substituents is 2. The van der Waals surface area contributed by atoms with Crippen LogP contribution in [0.3, 0.4) is 0 Å². The highest BCUT2D eigenvalue weighted by Crippen LogP contribution is 2.24. The average Bonchev–Trinajstić information content (AvgIpc) is 2.25. The minimum Gasteiger partial charge on any atom is -0.258 e. The SMILES string of the molecule is N#CSCc1cc([N+](=O)[O-])cc([N+](=O)[O-])c1. The standard InChI is InChI=1S/C8H5N3O4S/c9-5-16-4-6-1-7(10(12)13)3-8(2-6)11(14)15/h1-3H,4H2. The predicted octanol–water partition coefficient (Wildman–Crippen LogP) is 2.22. The number of hydrogen-bond donors (Lipinski definition) is 0. The van der Waals surface area contributed by atoms with Gasteiger partial charge in [0.2, 0.25) is 0 Å². The van der Waals surface area contributed by atoms with E-state index in [2.05, 4.69) is 0 Å². The maximum absolute atomic E-state index is 10.5. The Bertz CT molecular complexity index is 450. The van der Waals surface area contributed by atoms with Gasteiger partial charge in [0.05, 0.1) is 15.9 Å². The molecule has 1 aromatic carbocycles. The predicted molar refractivity (Wildman–Crippen MR) is 56.7 cm³/mol. The van der Waals surface area contributed by atoms with Crippen molar-refractivity contribution >= 4 is 23.1 Å². The second kappa shape index (κ2) is 5.09. The first-order valence-electron chi connectivity index (χ1n) is 3.98. The van der Waals surface area contributed by atoms with Gasteiger partial charge in [0, 0.05) is 17.9 Å². The molecule has 0 bridgehead atoms. The number of rotatable bonds is 4. The molecule has 0 N–H and O–H groups in total. The molecule has 0 aliphatic carbocycles. The van der Waals surface area contributed by atoms with Gasteiger partial charge in [-0.3, -0.25) is 20.2 Å². The highest BCUT2D eigenvalue weighted by atomic mass is 32.2. The fourth-order valence-corrected chi connectivity index (χ4v) is 1.46. The topological polar surface area (TPSA) is 110 Å². The molecule has 0 saturated heterocycles. The number of nitriles is 1. The molecule has 0 unspecified atom stereocenters. The van der Waals surface area contributed by atoms with E-state index >= 15 is 0 Å². The van der Waals surface area contributed by atoms with Crippen molar-refractivity contribution in [2.24, 2.45) is 0 Å².